The first-order valence-corrected chi connectivity index (χ1v) is 8.43. The number of hydrogen-bond acceptors (Lipinski definition) is 1. The maximum Gasteiger partial charge on any atom is 0.250 e. The molecule has 2 nitrogen and oxygen atoms in total. The van der Waals surface area contributed by atoms with Gasteiger partial charge in [0.1, 0.15) is 0 Å². The Bertz CT molecular complexity index is 794. The molecule has 1 aromatic heterocycles. The van der Waals surface area contributed by atoms with Crippen LogP contribution in [-0.4, -0.2) is 4.57 Å². The van der Waals surface area contributed by atoms with E-state index in [1.54, 1.807) is 11.6 Å². The molecule has 116 valence electrons. The zero-order chi connectivity index (χ0) is 15.9. The molecule has 1 heterocycles. The zero-order valence-corrected chi connectivity index (χ0v) is 14.2. The third-order valence-corrected chi connectivity index (χ3v) is 6.74. The van der Waals surface area contributed by atoms with Crippen molar-refractivity contribution in [1.29, 1.82) is 0 Å². The SMILES string of the molecule is C/C=C1/C2C=C(C)CC23Cc2c(ccc(=O)n2C)[C@]13C(C)C. The summed E-state index contributed by atoms with van der Waals surface area (Å²) in [5, 5.41) is 0. The normalized spacial score (nSPS) is 36.9. The maximum absolute atomic E-state index is 12.1. The van der Waals surface area contributed by atoms with Crippen molar-refractivity contribution in [2.45, 2.75) is 46.0 Å². The van der Waals surface area contributed by atoms with E-state index in [1.165, 1.54) is 23.3 Å². The van der Waals surface area contributed by atoms with Crippen molar-refractivity contribution >= 4 is 0 Å². The third-order valence-electron chi connectivity index (χ3n) is 6.74. The van der Waals surface area contributed by atoms with Gasteiger partial charge >= 0.3 is 0 Å². The van der Waals surface area contributed by atoms with Gasteiger partial charge in [0.2, 0.25) is 5.56 Å². The Morgan fingerprint density at radius 3 is 2.68 bits per heavy atom. The standard InChI is InChI=1S/C20H25NO/c1-6-14-16-9-13(4)10-19(16)11-17-15(20(14,19)12(2)3)7-8-18(22)21(17)5/h6-9,12,16H,10-11H2,1-5H3/b14-6-/t16?,19?,20-/m0/s1. The average Bonchev–Trinajstić information content (AvgIpc) is 2.87. The van der Waals surface area contributed by atoms with Crippen LogP contribution in [0.4, 0.5) is 0 Å². The van der Waals surface area contributed by atoms with E-state index in [1.807, 2.05) is 11.6 Å². The lowest BCUT2D eigenvalue weighted by atomic mass is 9.38. The minimum atomic E-state index is 0.122. The van der Waals surface area contributed by atoms with E-state index in [9.17, 15) is 4.79 Å². The first kappa shape index (κ1) is 14.0. The van der Waals surface area contributed by atoms with Gasteiger partial charge in [-0.25, -0.2) is 0 Å². The highest BCUT2D eigenvalue weighted by Gasteiger charge is 2.74. The lowest BCUT2D eigenvalue weighted by molar-refractivity contribution is 0.00902. The minimum Gasteiger partial charge on any atom is -0.315 e. The molecule has 0 saturated heterocycles. The molecule has 0 aliphatic heterocycles. The first-order chi connectivity index (χ1) is 10.4. The lowest BCUT2D eigenvalue weighted by Crippen LogP contribution is -2.61. The van der Waals surface area contributed by atoms with Gasteiger partial charge in [-0.15, -0.1) is 0 Å². The minimum absolute atomic E-state index is 0.122. The van der Waals surface area contributed by atoms with Gasteiger partial charge in [0, 0.05) is 35.6 Å². The van der Waals surface area contributed by atoms with Crippen molar-refractivity contribution < 1.29 is 0 Å². The summed E-state index contributed by atoms with van der Waals surface area (Å²) in [5.41, 5.74) is 6.31. The highest BCUT2D eigenvalue weighted by Crippen LogP contribution is 2.77. The van der Waals surface area contributed by atoms with E-state index in [0.717, 1.165) is 6.42 Å². The Hall–Kier alpha value is -1.57. The Balaban J connectivity index is 2.06. The van der Waals surface area contributed by atoms with Crippen molar-refractivity contribution in [3.63, 3.8) is 0 Å². The van der Waals surface area contributed by atoms with E-state index >= 15 is 0 Å². The van der Waals surface area contributed by atoms with Gasteiger partial charge in [0.15, 0.2) is 0 Å². The van der Waals surface area contributed by atoms with Crippen LogP contribution in [0.3, 0.4) is 0 Å². The highest BCUT2D eigenvalue weighted by atomic mass is 16.1. The van der Waals surface area contributed by atoms with Crippen LogP contribution in [0.5, 0.6) is 0 Å². The van der Waals surface area contributed by atoms with Crippen LogP contribution in [0.2, 0.25) is 0 Å². The van der Waals surface area contributed by atoms with Crippen molar-refractivity contribution in [2.24, 2.45) is 24.3 Å². The molecule has 0 bridgehead atoms. The number of rotatable bonds is 1. The second-order valence-electron chi connectivity index (χ2n) is 7.80. The molecule has 3 atom stereocenters. The smallest absolute Gasteiger partial charge is 0.250 e. The maximum atomic E-state index is 12.1. The van der Waals surface area contributed by atoms with Crippen molar-refractivity contribution in [3.8, 4) is 0 Å². The fourth-order valence-electron chi connectivity index (χ4n) is 6.25. The molecule has 4 rings (SSSR count). The topological polar surface area (TPSA) is 22.0 Å². The molecule has 0 amide bonds. The molecule has 22 heavy (non-hydrogen) atoms. The molecule has 3 aliphatic rings. The molecular formula is C20H25NO. The van der Waals surface area contributed by atoms with E-state index in [4.69, 9.17) is 0 Å². The number of pyridine rings is 1. The van der Waals surface area contributed by atoms with Gasteiger partial charge in [0.25, 0.3) is 0 Å². The summed E-state index contributed by atoms with van der Waals surface area (Å²) < 4.78 is 1.89. The van der Waals surface area contributed by atoms with Crippen molar-refractivity contribution in [3.05, 3.63) is 57.0 Å². The van der Waals surface area contributed by atoms with Gasteiger partial charge in [-0.05, 0) is 38.2 Å². The van der Waals surface area contributed by atoms with Crippen molar-refractivity contribution in [1.82, 2.24) is 4.57 Å². The molecule has 1 spiro atoms. The molecule has 0 N–H and O–H groups in total. The number of fused-ring (bicyclic) bond motifs is 2. The van der Waals surface area contributed by atoms with E-state index < -0.39 is 0 Å². The van der Waals surface area contributed by atoms with E-state index in [0.29, 0.717) is 11.8 Å². The molecule has 3 aliphatic carbocycles. The fraction of sp³-hybridized carbons (Fsp3) is 0.550. The Morgan fingerprint density at radius 2 is 2.05 bits per heavy atom. The second-order valence-corrected chi connectivity index (χ2v) is 7.80. The van der Waals surface area contributed by atoms with Gasteiger partial charge in [-0.1, -0.05) is 43.2 Å². The van der Waals surface area contributed by atoms with Gasteiger partial charge in [0.05, 0.1) is 0 Å². The molecule has 0 aromatic carbocycles. The van der Waals surface area contributed by atoms with E-state index in [-0.39, 0.29) is 16.4 Å². The number of aromatic nitrogens is 1. The lowest BCUT2D eigenvalue weighted by Gasteiger charge is -2.63. The summed E-state index contributed by atoms with van der Waals surface area (Å²) in [6.45, 7) is 9.17. The Kier molecular flexibility index (Phi) is 2.58. The number of nitrogens with zero attached hydrogens (tertiary/aromatic N) is 1. The van der Waals surface area contributed by atoms with Crippen LogP contribution in [0.1, 0.15) is 45.4 Å². The van der Waals surface area contributed by atoms with Crippen LogP contribution in [0.25, 0.3) is 0 Å². The summed E-state index contributed by atoms with van der Waals surface area (Å²) in [6, 6.07) is 3.89. The van der Waals surface area contributed by atoms with Crippen molar-refractivity contribution in [2.75, 3.05) is 0 Å². The second kappa shape index (κ2) is 4.04. The average molecular weight is 295 g/mol. The van der Waals surface area contributed by atoms with Gasteiger partial charge in [-0.2, -0.15) is 0 Å². The van der Waals surface area contributed by atoms with Gasteiger partial charge < -0.3 is 4.57 Å². The molecule has 2 heteroatoms. The van der Waals surface area contributed by atoms with Crippen LogP contribution < -0.4 is 5.56 Å². The summed E-state index contributed by atoms with van der Waals surface area (Å²) in [4.78, 5) is 12.1. The molecule has 1 aromatic rings. The van der Waals surface area contributed by atoms with Crippen LogP contribution in [-0.2, 0) is 18.9 Å². The zero-order valence-electron chi connectivity index (χ0n) is 14.2. The summed E-state index contributed by atoms with van der Waals surface area (Å²) >= 11 is 0. The number of allylic oxidation sites excluding steroid dienone is 4. The predicted molar refractivity (Wildman–Crippen MR) is 90.0 cm³/mol. The molecule has 1 fully saturated rings. The van der Waals surface area contributed by atoms with Crippen LogP contribution >= 0.6 is 0 Å². The molecule has 1 saturated carbocycles. The molecule has 2 unspecified atom stereocenters. The predicted octanol–water partition coefficient (Wildman–Crippen LogP) is 3.75. The summed E-state index contributed by atoms with van der Waals surface area (Å²) in [5.74, 6) is 1.12. The summed E-state index contributed by atoms with van der Waals surface area (Å²) in [7, 11) is 1.94. The third kappa shape index (κ3) is 1.20. The van der Waals surface area contributed by atoms with Gasteiger partial charge in [-0.3, -0.25) is 4.79 Å². The Labute approximate surface area is 132 Å². The fourth-order valence-corrected chi connectivity index (χ4v) is 6.25. The Morgan fingerprint density at radius 1 is 1.32 bits per heavy atom. The first-order valence-electron chi connectivity index (χ1n) is 8.43. The summed E-state index contributed by atoms with van der Waals surface area (Å²) in [6.07, 6.45) is 7.05. The largest absolute Gasteiger partial charge is 0.315 e. The highest BCUT2D eigenvalue weighted by molar-refractivity contribution is 5.61. The molecular weight excluding hydrogens is 270 g/mol. The van der Waals surface area contributed by atoms with E-state index in [2.05, 4.69) is 45.9 Å². The molecule has 0 radical (unpaired) electrons. The van der Waals surface area contributed by atoms with Crippen LogP contribution in [0.15, 0.2) is 40.2 Å². The quantitative estimate of drug-likeness (QED) is 0.723. The number of hydrogen-bond donors (Lipinski definition) is 0. The van der Waals surface area contributed by atoms with Crippen LogP contribution in [0, 0.1) is 17.3 Å². The monoisotopic (exact) mass is 295 g/mol.